The maximum atomic E-state index is 11.2. The van der Waals surface area contributed by atoms with Gasteiger partial charge in [-0.2, -0.15) is 0 Å². The zero-order chi connectivity index (χ0) is 12.7. The summed E-state index contributed by atoms with van der Waals surface area (Å²) in [6.07, 6.45) is 6.04. The first kappa shape index (κ1) is 13.7. The second kappa shape index (κ2) is 7.09. The van der Waals surface area contributed by atoms with Crippen molar-refractivity contribution in [3.8, 4) is 5.88 Å². The molecule has 1 aromatic heterocycles. The summed E-state index contributed by atoms with van der Waals surface area (Å²) in [4.78, 5) is 18.0. The molecule has 1 atom stereocenters. The third-order valence-corrected chi connectivity index (χ3v) is 2.62. The Morgan fingerprint density at radius 1 is 1.41 bits per heavy atom. The average Bonchev–Trinajstić information content (AvgIpc) is 2.23. The van der Waals surface area contributed by atoms with Crippen LogP contribution in [-0.4, -0.2) is 16.1 Å². The van der Waals surface area contributed by atoms with Crippen molar-refractivity contribution >= 4 is 0 Å². The van der Waals surface area contributed by atoms with Crippen molar-refractivity contribution in [2.75, 3.05) is 0 Å². The molecule has 96 valence electrons. The molecule has 1 rings (SSSR count). The van der Waals surface area contributed by atoms with Crippen molar-refractivity contribution in [1.29, 1.82) is 0 Å². The Balaban J connectivity index is 2.39. The van der Waals surface area contributed by atoms with Crippen LogP contribution in [-0.2, 0) is 0 Å². The van der Waals surface area contributed by atoms with Crippen LogP contribution >= 0.6 is 0 Å². The SMILES string of the molecule is CCCCCCC(C)Oc1cc(=O)[nH]c(C)n1. The number of H-pyrrole nitrogens is 1. The second-order valence-electron chi connectivity index (χ2n) is 4.45. The molecule has 1 N–H and O–H groups in total. The van der Waals surface area contributed by atoms with Gasteiger partial charge >= 0.3 is 0 Å². The molecule has 0 aliphatic heterocycles. The Bertz CT molecular complexity index is 387. The van der Waals surface area contributed by atoms with E-state index in [2.05, 4.69) is 16.9 Å². The lowest BCUT2D eigenvalue weighted by Crippen LogP contribution is -2.16. The van der Waals surface area contributed by atoms with Crippen molar-refractivity contribution < 1.29 is 4.74 Å². The van der Waals surface area contributed by atoms with E-state index in [-0.39, 0.29) is 11.7 Å². The number of unbranched alkanes of at least 4 members (excludes halogenated alkanes) is 3. The van der Waals surface area contributed by atoms with Crippen LogP contribution in [0.1, 0.15) is 51.8 Å². The van der Waals surface area contributed by atoms with Crippen molar-refractivity contribution in [1.82, 2.24) is 9.97 Å². The molecule has 0 fully saturated rings. The summed E-state index contributed by atoms with van der Waals surface area (Å²) in [5.41, 5.74) is -0.161. The highest BCUT2D eigenvalue weighted by atomic mass is 16.5. The van der Waals surface area contributed by atoms with Crippen molar-refractivity contribution in [2.45, 2.75) is 59.0 Å². The number of rotatable bonds is 7. The van der Waals surface area contributed by atoms with E-state index in [1.165, 1.54) is 25.3 Å². The first-order valence-corrected chi connectivity index (χ1v) is 6.36. The highest BCUT2D eigenvalue weighted by Gasteiger charge is 2.06. The molecule has 4 nitrogen and oxygen atoms in total. The Labute approximate surface area is 102 Å². The zero-order valence-corrected chi connectivity index (χ0v) is 11.0. The number of nitrogens with zero attached hydrogens (tertiary/aromatic N) is 1. The standard InChI is InChI=1S/C13H22N2O2/c1-4-5-6-7-8-10(2)17-13-9-12(16)14-11(3)15-13/h9-10H,4-8H2,1-3H3,(H,14,15,16). The number of aromatic amines is 1. The van der Waals surface area contributed by atoms with Crippen LogP contribution in [0.15, 0.2) is 10.9 Å². The fourth-order valence-electron chi connectivity index (χ4n) is 1.74. The first-order valence-electron chi connectivity index (χ1n) is 6.36. The second-order valence-corrected chi connectivity index (χ2v) is 4.45. The summed E-state index contributed by atoms with van der Waals surface area (Å²) in [6, 6.07) is 1.40. The van der Waals surface area contributed by atoms with Crippen molar-refractivity contribution in [2.24, 2.45) is 0 Å². The van der Waals surface area contributed by atoms with Gasteiger partial charge in [0.25, 0.3) is 5.56 Å². The Morgan fingerprint density at radius 3 is 2.82 bits per heavy atom. The minimum absolute atomic E-state index is 0.112. The summed E-state index contributed by atoms with van der Waals surface area (Å²) in [5, 5.41) is 0. The summed E-state index contributed by atoms with van der Waals surface area (Å²) < 4.78 is 5.63. The summed E-state index contributed by atoms with van der Waals surface area (Å²) in [5.74, 6) is 1.01. The number of aryl methyl sites for hydroxylation is 1. The maximum absolute atomic E-state index is 11.2. The smallest absolute Gasteiger partial charge is 0.254 e. The lowest BCUT2D eigenvalue weighted by molar-refractivity contribution is 0.197. The van der Waals surface area contributed by atoms with Crippen LogP contribution in [0, 0.1) is 6.92 Å². The maximum Gasteiger partial charge on any atom is 0.254 e. The molecule has 4 heteroatoms. The van der Waals surface area contributed by atoms with Gasteiger partial charge in [-0.1, -0.05) is 26.2 Å². The third kappa shape index (κ3) is 5.52. The third-order valence-electron chi connectivity index (χ3n) is 2.62. The summed E-state index contributed by atoms with van der Waals surface area (Å²) >= 11 is 0. The molecule has 0 saturated heterocycles. The van der Waals surface area contributed by atoms with E-state index in [1.54, 1.807) is 6.92 Å². The van der Waals surface area contributed by atoms with E-state index in [4.69, 9.17) is 4.74 Å². The van der Waals surface area contributed by atoms with E-state index in [0.29, 0.717) is 11.7 Å². The Kier molecular flexibility index (Phi) is 5.73. The van der Waals surface area contributed by atoms with E-state index >= 15 is 0 Å². The van der Waals surface area contributed by atoms with Crippen LogP contribution in [0.5, 0.6) is 5.88 Å². The molecule has 0 aliphatic carbocycles. The lowest BCUT2D eigenvalue weighted by Gasteiger charge is -2.13. The highest BCUT2D eigenvalue weighted by Crippen LogP contribution is 2.11. The van der Waals surface area contributed by atoms with Crippen molar-refractivity contribution in [3.63, 3.8) is 0 Å². The molecule has 0 aromatic carbocycles. The molecule has 0 radical (unpaired) electrons. The van der Waals surface area contributed by atoms with Crippen LogP contribution in [0.25, 0.3) is 0 Å². The van der Waals surface area contributed by atoms with E-state index in [1.807, 2.05) is 6.92 Å². The molecule has 0 saturated carbocycles. The molecule has 0 spiro atoms. The molecule has 1 heterocycles. The topological polar surface area (TPSA) is 55.0 Å². The molecule has 0 bridgehead atoms. The fourth-order valence-corrected chi connectivity index (χ4v) is 1.74. The van der Waals surface area contributed by atoms with Crippen LogP contribution in [0.4, 0.5) is 0 Å². The monoisotopic (exact) mass is 238 g/mol. The van der Waals surface area contributed by atoms with Gasteiger partial charge < -0.3 is 9.72 Å². The van der Waals surface area contributed by atoms with Gasteiger partial charge in [-0.3, -0.25) is 4.79 Å². The summed E-state index contributed by atoms with van der Waals surface area (Å²) in [6.45, 7) is 5.97. The van der Waals surface area contributed by atoms with Gasteiger partial charge in [0.2, 0.25) is 5.88 Å². The molecule has 1 aromatic rings. The number of hydrogen-bond acceptors (Lipinski definition) is 3. The van der Waals surface area contributed by atoms with Crippen LogP contribution < -0.4 is 10.3 Å². The van der Waals surface area contributed by atoms with Gasteiger partial charge in [-0.25, -0.2) is 4.98 Å². The van der Waals surface area contributed by atoms with E-state index in [9.17, 15) is 4.79 Å². The molecular weight excluding hydrogens is 216 g/mol. The van der Waals surface area contributed by atoms with Gasteiger partial charge in [0.1, 0.15) is 5.82 Å². The Hall–Kier alpha value is -1.32. The van der Waals surface area contributed by atoms with Gasteiger partial charge in [-0.15, -0.1) is 0 Å². The normalized spacial score (nSPS) is 12.4. The minimum atomic E-state index is -0.161. The Morgan fingerprint density at radius 2 is 2.18 bits per heavy atom. The highest BCUT2D eigenvalue weighted by molar-refractivity contribution is 5.08. The quantitative estimate of drug-likeness (QED) is 0.743. The predicted molar refractivity (Wildman–Crippen MR) is 68.4 cm³/mol. The molecule has 0 aliphatic rings. The van der Waals surface area contributed by atoms with Crippen LogP contribution in [0.3, 0.4) is 0 Å². The van der Waals surface area contributed by atoms with E-state index < -0.39 is 0 Å². The van der Waals surface area contributed by atoms with Crippen LogP contribution in [0.2, 0.25) is 0 Å². The predicted octanol–water partition coefficient (Wildman–Crippen LogP) is 2.82. The molecule has 17 heavy (non-hydrogen) atoms. The number of aromatic nitrogens is 2. The van der Waals surface area contributed by atoms with E-state index in [0.717, 1.165) is 12.8 Å². The number of nitrogens with one attached hydrogen (secondary N) is 1. The molecule has 0 amide bonds. The minimum Gasteiger partial charge on any atom is -0.474 e. The zero-order valence-electron chi connectivity index (χ0n) is 11.0. The van der Waals surface area contributed by atoms with Gasteiger partial charge in [0.15, 0.2) is 0 Å². The molecular formula is C13H22N2O2. The van der Waals surface area contributed by atoms with Gasteiger partial charge in [0, 0.05) is 0 Å². The number of hydrogen-bond donors (Lipinski definition) is 1. The largest absolute Gasteiger partial charge is 0.474 e. The first-order chi connectivity index (χ1) is 8.11. The number of ether oxygens (including phenoxy) is 1. The van der Waals surface area contributed by atoms with Gasteiger partial charge in [-0.05, 0) is 26.7 Å². The average molecular weight is 238 g/mol. The van der Waals surface area contributed by atoms with Gasteiger partial charge in [0.05, 0.1) is 12.2 Å². The molecule has 1 unspecified atom stereocenters. The lowest BCUT2D eigenvalue weighted by atomic mass is 10.1. The van der Waals surface area contributed by atoms with Crippen molar-refractivity contribution in [3.05, 3.63) is 22.2 Å². The fraction of sp³-hybridized carbons (Fsp3) is 0.692. The summed E-state index contributed by atoms with van der Waals surface area (Å²) in [7, 11) is 0.